The summed E-state index contributed by atoms with van der Waals surface area (Å²) in [6.07, 6.45) is 12.0. The van der Waals surface area contributed by atoms with Crippen LogP contribution in [-0.2, 0) is 13.1 Å². The van der Waals surface area contributed by atoms with Crippen LogP contribution in [0.1, 0.15) is 50.2 Å². The number of hydrogen-bond donors (Lipinski definition) is 0. The minimum absolute atomic E-state index is 0.0434. The number of ether oxygens (including phenoxy) is 3. The van der Waals surface area contributed by atoms with Crippen molar-refractivity contribution in [1.82, 2.24) is 33.8 Å². The highest BCUT2D eigenvalue weighted by Crippen LogP contribution is 2.25. The first-order chi connectivity index (χ1) is 32.8. The predicted octanol–water partition coefficient (Wildman–Crippen LogP) is 11.0. The van der Waals surface area contributed by atoms with Gasteiger partial charge >= 0.3 is 12.1 Å². The van der Waals surface area contributed by atoms with Crippen LogP contribution in [0, 0.1) is 5.92 Å². The van der Waals surface area contributed by atoms with Gasteiger partial charge in [0.15, 0.2) is 0 Å². The number of rotatable bonds is 11. The topological polar surface area (TPSA) is 107 Å². The van der Waals surface area contributed by atoms with Crippen LogP contribution in [0.3, 0.4) is 0 Å². The number of benzene rings is 5. The molecule has 0 radical (unpaired) electrons. The number of carbonyl (C=O) groups excluding carboxylic acids is 2. The number of hydrogen-bond acceptors (Lipinski definition) is 9. The SMILES string of the molecule is CCC1CCN(Cc2ccccc2)CC1.COc1cccc(-c2cn(C(=O)N(C)C3CCN(Cc4ccccc4)CC3)cn2)c1.COc1cccc(-c2cn(C(=O)Oc3ccccc3)cn2)c1. The summed E-state index contributed by atoms with van der Waals surface area (Å²) in [6.45, 7) is 8.98. The van der Waals surface area contributed by atoms with Gasteiger partial charge in [-0.05, 0) is 92.2 Å². The van der Waals surface area contributed by atoms with Crippen LogP contribution < -0.4 is 14.2 Å². The third-order valence-corrected chi connectivity index (χ3v) is 12.5. The molecular weight excluding hydrogens is 839 g/mol. The average molecular weight is 902 g/mol. The van der Waals surface area contributed by atoms with Crippen molar-refractivity contribution in [2.45, 2.75) is 58.2 Å². The second kappa shape index (κ2) is 24.5. The van der Waals surface area contributed by atoms with Gasteiger partial charge in [0, 0.05) is 62.8 Å². The molecule has 7 aromatic rings. The molecule has 0 saturated carbocycles. The van der Waals surface area contributed by atoms with Gasteiger partial charge < -0.3 is 19.1 Å². The Hall–Kier alpha value is -7.02. The molecule has 2 aliphatic heterocycles. The van der Waals surface area contributed by atoms with E-state index in [0.717, 1.165) is 73.3 Å². The van der Waals surface area contributed by atoms with Crippen LogP contribution in [0.25, 0.3) is 22.5 Å². The summed E-state index contributed by atoms with van der Waals surface area (Å²) >= 11 is 0. The van der Waals surface area contributed by atoms with Crippen molar-refractivity contribution in [1.29, 1.82) is 0 Å². The zero-order valence-electron chi connectivity index (χ0n) is 39.2. The number of nitrogens with zero attached hydrogens (tertiary/aromatic N) is 7. The van der Waals surface area contributed by atoms with E-state index in [1.807, 2.05) is 72.6 Å². The van der Waals surface area contributed by atoms with Crippen molar-refractivity contribution in [3.63, 3.8) is 0 Å². The smallest absolute Gasteiger partial charge is 0.424 e. The van der Waals surface area contributed by atoms with Gasteiger partial charge in [0.05, 0.1) is 25.6 Å². The summed E-state index contributed by atoms with van der Waals surface area (Å²) < 4.78 is 18.6. The number of aromatic nitrogens is 4. The van der Waals surface area contributed by atoms with E-state index < -0.39 is 6.09 Å². The van der Waals surface area contributed by atoms with E-state index >= 15 is 0 Å². The van der Waals surface area contributed by atoms with Crippen molar-refractivity contribution in [3.05, 3.63) is 176 Å². The van der Waals surface area contributed by atoms with Gasteiger partial charge in [0.1, 0.15) is 29.9 Å². The Morgan fingerprint density at radius 3 is 1.52 bits per heavy atom. The van der Waals surface area contributed by atoms with E-state index in [2.05, 4.69) is 81.3 Å². The maximum Gasteiger partial charge on any atom is 0.424 e. The standard InChI is InChI=1S/C24H28N4O2.C17H14N2O3.C14H21N/c1-26(21-11-13-27(14-12-21)16-19-7-4-3-5-8-19)24(29)28-17-23(25-18-28)20-9-6-10-22(15-20)30-2;1-21-15-9-5-6-13(10-15)16-11-19(12-18-16)17(20)22-14-7-3-2-4-8-14;1-2-13-8-10-15(11-9-13)12-14-6-4-3-5-7-14/h3-10,15,17-18,21H,11-14,16H2,1-2H3;2-12H,1H3;3-7,13H,2,8-12H2,1H3. The van der Waals surface area contributed by atoms with Crippen LogP contribution in [0.4, 0.5) is 9.59 Å². The Balaban J connectivity index is 0.000000158. The second-order valence-corrected chi connectivity index (χ2v) is 17.0. The lowest BCUT2D eigenvalue weighted by Crippen LogP contribution is -2.46. The van der Waals surface area contributed by atoms with Crippen LogP contribution in [0.2, 0.25) is 0 Å². The number of imidazole rings is 2. The molecule has 2 aliphatic rings. The molecule has 0 atom stereocenters. The summed E-state index contributed by atoms with van der Waals surface area (Å²) in [6, 6.07) is 45.6. The van der Waals surface area contributed by atoms with Crippen molar-refractivity contribution in [2.75, 3.05) is 47.4 Å². The first-order valence-corrected chi connectivity index (χ1v) is 23.2. The molecule has 9 rings (SSSR count). The molecule has 348 valence electrons. The summed E-state index contributed by atoms with van der Waals surface area (Å²) in [5.41, 5.74) is 6.01. The highest BCUT2D eigenvalue weighted by molar-refractivity contribution is 5.78. The quantitative estimate of drug-likeness (QED) is 0.125. The van der Waals surface area contributed by atoms with Gasteiger partial charge in [-0.3, -0.25) is 14.4 Å². The van der Waals surface area contributed by atoms with Crippen molar-refractivity contribution in [2.24, 2.45) is 5.92 Å². The highest BCUT2D eigenvalue weighted by atomic mass is 16.6. The molecule has 67 heavy (non-hydrogen) atoms. The third kappa shape index (κ3) is 14.0. The number of amides is 1. The highest BCUT2D eigenvalue weighted by Gasteiger charge is 2.26. The van der Waals surface area contributed by atoms with E-state index in [9.17, 15) is 9.59 Å². The van der Waals surface area contributed by atoms with Crippen molar-refractivity contribution in [3.8, 4) is 39.8 Å². The van der Waals surface area contributed by atoms with E-state index in [4.69, 9.17) is 14.2 Å². The maximum atomic E-state index is 13.0. The first-order valence-electron chi connectivity index (χ1n) is 23.2. The molecule has 2 aromatic heterocycles. The van der Waals surface area contributed by atoms with Gasteiger partial charge in [-0.2, -0.15) is 0 Å². The lowest BCUT2D eigenvalue weighted by Gasteiger charge is -2.36. The molecule has 0 aliphatic carbocycles. The predicted molar refractivity (Wildman–Crippen MR) is 264 cm³/mol. The zero-order chi connectivity index (χ0) is 46.8. The summed E-state index contributed by atoms with van der Waals surface area (Å²) in [7, 11) is 5.14. The molecular formula is C55H63N7O5. The number of methoxy groups -OCH3 is 2. The van der Waals surface area contributed by atoms with Crippen molar-refractivity contribution < 1.29 is 23.8 Å². The molecule has 0 bridgehead atoms. The van der Waals surface area contributed by atoms with Crippen LogP contribution in [-0.4, -0.2) is 99.4 Å². The van der Waals surface area contributed by atoms with E-state index in [1.165, 1.54) is 54.4 Å². The van der Waals surface area contributed by atoms with E-state index in [-0.39, 0.29) is 12.1 Å². The van der Waals surface area contributed by atoms with Gasteiger partial charge in [-0.1, -0.05) is 116 Å². The fourth-order valence-electron chi connectivity index (χ4n) is 8.39. The molecule has 4 heterocycles. The number of carbonyl (C=O) groups is 2. The Morgan fingerprint density at radius 1 is 0.582 bits per heavy atom. The Labute approximate surface area is 395 Å². The normalized spacial score (nSPS) is 14.4. The van der Waals surface area contributed by atoms with Gasteiger partial charge in [-0.25, -0.2) is 24.1 Å². The van der Waals surface area contributed by atoms with Crippen LogP contribution in [0.5, 0.6) is 17.2 Å². The molecule has 0 unspecified atom stereocenters. The van der Waals surface area contributed by atoms with Gasteiger partial charge in [-0.15, -0.1) is 0 Å². The fraction of sp³-hybridized carbons (Fsp3) is 0.309. The van der Waals surface area contributed by atoms with Crippen LogP contribution >= 0.6 is 0 Å². The maximum absolute atomic E-state index is 13.0. The molecule has 5 aromatic carbocycles. The van der Waals surface area contributed by atoms with Gasteiger partial charge in [0.2, 0.25) is 0 Å². The third-order valence-electron chi connectivity index (χ3n) is 12.5. The van der Waals surface area contributed by atoms with E-state index in [0.29, 0.717) is 11.4 Å². The summed E-state index contributed by atoms with van der Waals surface area (Å²) in [5.74, 6) is 2.98. The minimum Gasteiger partial charge on any atom is -0.497 e. The monoisotopic (exact) mass is 901 g/mol. The second-order valence-electron chi connectivity index (χ2n) is 17.0. The molecule has 1 amide bonds. The molecule has 12 heteroatoms. The Kier molecular flexibility index (Phi) is 17.5. The lowest BCUT2D eigenvalue weighted by molar-refractivity contribution is 0.132. The average Bonchev–Trinajstić information content (AvgIpc) is 4.10. The molecule has 0 spiro atoms. The van der Waals surface area contributed by atoms with Crippen molar-refractivity contribution >= 4 is 12.1 Å². The summed E-state index contributed by atoms with van der Waals surface area (Å²) in [4.78, 5) is 40.6. The Morgan fingerprint density at radius 2 is 1.03 bits per heavy atom. The van der Waals surface area contributed by atoms with E-state index in [1.54, 1.807) is 61.8 Å². The summed E-state index contributed by atoms with van der Waals surface area (Å²) in [5, 5.41) is 0. The number of para-hydroxylation sites is 1. The lowest BCUT2D eigenvalue weighted by atomic mass is 9.94. The van der Waals surface area contributed by atoms with Crippen LogP contribution in [0.15, 0.2) is 165 Å². The molecule has 2 fully saturated rings. The fourth-order valence-corrected chi connectivity index (χ4v) is 8.39. The minimum atomic E-state index is -0.507. The number of likely N-dealkylation sites (tertiary alicyclic amines) is 2. The molecule has 0 N–H and O–H groups in total. The largest absolute Gasteiger partial charge is 0.497 e. The first kappa shape index (κ1) is 47.9. The molecule has 2 saturated heterocycles. The number of piperidine rings is 2. The van der Waals surface area contributed by atoms with Gasteiger partial charge in [0.25, 0.3) is 0 Å². The Bertz CT molecular complexity index is 2570. The zero-order valence-corrected chi connectivity index (χ0v) is 39.2. The molecule has 12 nitrogen and oxygen atoms in total.